The van der Waals surface area contributed by atoms with E-state index in [1.54, 1.807) is 11.8 Å². The summed E-state index contributed by atoms with van der Waals surface area (Å²) in [5.41, 5.74) is 0. The molecule has 0 saturated carbocycles. The number of benzene rings is 1. The van der Waals surface area contributed by atoms with E-state index in [4.69, 9.17) is 4.74 Å². The maximum Gasteiger partial charge on any atom is 0.223 e. The molecule has 0 unspecified atom stereocenters. The number of aromatic nitrogens is 2. The maximum absolute atomic E-state index is 12.4. The van der Waals surface area contributed by atoms with Gasteiger partial charge in [-0.2, -0.15) is 0 Å². The van der Waals surface area contributed by atoms with E-state index in [9.17, 15) is 4.79 Å². The van der Waals surface area contributed by atoms with Crippen molar-refractivity contribution in [2.45, 2.75) is 41.7 Å². The van der Waals surface area contributed by atoms with Crippen molar-refractivity contribution in [3.8, 4) is 0 Å². The molecule has 1 aromatic carbocycles. The van der Waals surface area contributed by atoms with Crippen molar-refractivity contribution in [2.24, 2.45) is 5.92 Å². The topological polar surface area (TPSA) is 67.3 Å². The quantitative estimate of drug-likeness (QED) is 0.681. The second-order valence-electron chi connectivity index (χ2n) is 7.43. The average molecular weight is 477 g/mol. The van der Waals surface area contributed by atoms with Gasteiger partial charge in [-0.1, -0.05) is 27.7 Å². The summed E-state index contributed by atoms with van der Waals surface area (Å²) in [4.78, 5) is 15.8. The van der Waals surface area contributed by atoms with E-state index in [-0.39, 0.29) is 17.9 Å². The molecule has 2 saturated heterocycles. The summed E-state index contributed by atoms with van der Waals surface area (Å²) < 4.78 is 6.64. The van der Waals surface area contributed by atoms with Gasteiger partial charge in [-0.15, -0.1) is 10.2 Å². The van der Waals surface area contributed by atoms with Gasteiger partial charge in [0, 0.05) is 41.5 Å². The van der Waals surface area contributed by atoms with Gasteiger partial charge < -0.3 is 15.0 Å². The molecule has 8 heteroatoms. The van der Waals surface area contributed by atoms with E-state index in [1.807, 2.05) is 24.3 Å². The van der Waals surface area contributed by atoms with Crippen LogP contribution >= 0.6 is 27.7 Å². The Labute approximate surface area is 183 Å². The normalized spacial score (nSPS) is 20.0. The molecule has 1 N–H and O–H groups in total. The first-order chi connectivity index (χ1) is 14.2. The molecular weight excluding hydrogens is 452 g/mol. The number of halogens is 1. The zero-order valence-electron chi connectivity index (χ0n) is 16.2. The van der Waals surface area contributed by atoms with Crippen molar-refractivity contribution in [2.75, 3.05) is 31.1 Å². The molecule has 3 heterocycles. The highest BCUT2D eigenvalue weighted by Gasteiger charge is 2.26. The summed E-state index contributed by atoms with van der Waals surface area (Å²) in [6.45, 7) is 3.11. The molecule has 2 aromatic rings. The highest BCUT2D eigenvalue weighted by molar-refractivity contribution is 9.10. The number of amides is 1. The molecule has 2 aliphatic heterocycles. The number of carbonyl (C=O) groups is 1. The Morgan fingerprint density at radius 3 is 2.59 bits per heavy atom. The molecule has 6 nitrogen and oxygen atoms in total. The summed E-state index contributed by atoms with van der Waals surface area (Å²) in [6.07, 6.45) is 4.03. The standard InChI is InChI=1S/C21H25BrN4O2S/c22-16-3-5-18(6-4-16)29-20-8-7-19(24-25-20)26-11-9-15(10-12-26)21(27)23-14-17-2-1-13-28-17/h3-8,15,17H,1-2,9-14H2,(H,23,27)/t17-/m1/s1. The smallest absolute Gasteiger partial charge is 0.223 e. The second-order valence-corrected chi connectivity index (χ2v) is 9.44. The summed E-state index contributed by atoms with van der Waals surface area (Å²) in [5.74, 6) is 1.11. The second kappa shape index (κ2) is 9.91. The number of nitrogens with one attached hydrogen (secondary N) is 1. The number of piperidine rings is 1. The van der Waals surface area contributed by atoms with Gasteiger partial charge in [0.25, 0.3) is 0 Å². The number of hydrogen-bond donors (Lipinski definition) is 1. The van der Waals surface area contributed by atoms with E-state index in [0.29, 0.717) is 6.54 Å². The third kappa shape index (κ3) is 5.71. The van der Waals surface area contributed by atoms with Crippen LogP contribution in [0.25, 0.3) is 0 Å². The molecule has 2 fully saturated rings. The van der Waals surface area contributed by atoms with E-state index in [1.165, 1.54) is 0 Å². The fourth-order valence-corrected chi connectivity index (χ4v) is 4.69. The zero-order chi connectivity index (χ0) is 20.1. The highest BCUT2D eigenvalue weighted by Crippen LogP contribution is 2.28. The Kier molecular flexibility index (Phi) is 7.05. The maximum atomic E-state index is 12.4. The summed E-state index contributed by atoms with van der Waals surface area (Å²) in [5, 5.41) is 12.7. The number of nitrogens with zero attached hydrogens (tertiary/aromatic N) is 3. The fourth-order valence-electron chi connectivity index (χ4n) is 3.69. The molecule has 0 spiro atoms. The van der Waals surface area contributed by atoms with Crippen molar-refractivity contribution in [1.82, 2.24) is 15.5 Å². The van der Waals surface area contributed by atoms with Gasteiger partial charge in [0.15, 0.2) is 5.82 Å². The molecule has 0 radical (unpaired) electrons. The highest BCUT2D eigenvalue weighted by atomic mass is 79.9. The monoisotopic (exact) mass is 476 g/mol. The molecule has 4 rings (SSSR count). The lowest BCUT2D eigenvalue weighted by molar-refractivity contribution is -0.126. The van der Waals surface area contributed by atoms with Crippen LogP contribution in [0.5, 0.6) is 0 Å². The van der Waals surface area contributed by atoms with Crippen LogP contribution in [-0.2, 0) is 9.53 Å². The van der Waals surface area contributed by atoms with Crippen molar-refractivity contribution in [3.05, 3.63) is 40.9 Å². The average Bonchev–Trinajstić information content (AvgIpc) is 3.28. The number of anilines is 1. The van der Waals surface area contributed by atoms with E-state index >= 15 is 0 Å². The summed E-state index contributed by atoms with van der Waals surface area (Å²) in [6, 6.07) is 12.2. The molecule has 29 heavy (non-hydrogen) atoms. The molecule has 1 aromatic heterocycles. The Hall–Kier alpha value is -1.64. The van der Waals surface area contributed by atoms with Gasteiger partial charge in [0.1, 0.15) is 5.03 Å². The largest absolute Gasteiger partial charge is 0.376 e. The van der Waals surface area contributed by atoms with Crippen LogP contribution in [0, 0.1) is 5.92 Å². The first-order valence-electron chi connectivity index (χ1n) is 10.1. The predicted octanol–water partition coefficient (Wildman–Crippen LogP) is 3.90. The minimum absolute atomic E-state index is 0.0767. The van der Waals surface area contributed by atoms with Gasteiger partial charge in [-0.05, 0) is 62.1 Å². The van der Waals surface area contributed by atoms with Crippen molar-refractivity contribution in [1.29, 1.82) is 0 Å². The first kappa shape index (κ1) is 20.6. The number of rotatable bonds is 6. The van der Waals surface area contributed by atoms with Crippen LogP contribution < -0.4 is 10.2 Å². The lowest BCUT2D eigenvalue weighted by Gasteiger charge is -2.32. The third-order valence-corrected chi connectivity index (χ3v) is 6.84. The minimum Gasteiger partial charge on any atom is -0.376 e. The molecular formula is C21H25BrN4O2S. The lowest BCUT2D eigenvalue weighted by atomic mass is 9.96. The van der Waals surface area contributed by atoms with Crippen molar-refractivity contribution < 1.29 is 9.53 Å². The van der Waals surface area contributed by atoms with Crippen LogP contribution in [0.4, 0.5) is 5.82 Å². The molecule has 154 valence electrons. The van der Waals surface area contributed by atoms with E-state index in [0.717, 1.165) is 65.6 Å². The molecule has 1 atom stereocenters. The molecule has 0 aliphatic carbocycles. The van der Waals surface area contributed by atoms with Crippen LogP contribution in [0.3, 0.4) is 0 Å². The number of ether oxygens (including phenoxy) is 1. The molecule has 0 bridgehead atoms. The Bertz CT molecular complexity index is 804. The Morgan fingerprint density at radius 2 is 1.93 bits per heavy atom. The van der Waals surface area contributed by atoms with E-state index < -0.39 is 0 Å². The van der Waals surface area contributed by atoms with E-state index in [2.05, 4.69) is 48.5 Å². The van der Waals surface area contributed by atoms with Crippen LogP contribution in [0.15, 0.2) is 50.8 Å². The van der Waals surface area contributed by atoms with Gasteiger partial charge in [-0.25, -0.2) is 0 Å². The third-order valence-electron chi connectivity index (χ3n) is 5.38. The molecule has 1 amide bonds. The fraction of sp³-hybridized carbons (Fsp3) is 0.476. The number of carbonyl (C=O) groups excluding carboxylic acids is 1. The van der Waals surface area contributed by atoms with Crippen molar-refractivity contribution in [3.63, 3.8) is 0 Å². The summed E-state index contributed by atoms with van der Waals surface area (Å²) in [7, 11) is 0. The van der Waals surface area contributed by atoms with Crippen LogP contribution in [0.1, 0.15) is 25.7 Å². The Morgan fingerprint density at radius 1 is 1.14 bits per heavy atom. The minimum atomic E-state index is 0.0767. The van der Waals surface area contributed by atoms with Crippen molar-refractivity contribution >= 4 is 39.4 Å². The predicted molar refractivity (Wildman–Crippen MR) is 117 cm³/mol. The van der Waals surface area contributed by atoms with Crippen LogP contribution in [0.2, 0.25) is 0 Å². The van der Waals surface area contributed by atoms with Gasteiger partial charge in [0.05, 0.1) is 6.10 Å². The lowest BCUT2D eigenvalue weighted by Crippen LogP contribution is -2.42. The van der Waals surface area contributed by atoms with Gasteiger partial charge in [0.2, 0.25) is 5.91 Å². The number of hydrogen-bond acceptors (Lipinski definition) is 6. The first-order valence-corrected chi connectivity index (χ1v) is 11.7. The van der Waals surface area contributed by atoms with Gasteiger partial charge >= 0.3 is 0 Å². The zero-order valence-corrected chi connectivity index (χ0v) is 18.6. The van der Waals surface area contributed by atoms with Crippen LogP contribution in [-0.4, -0.2) is 48.4 Å². The molecule has 2 aliphatic rings. The Balaban J connectivity index is 1.24. The van der Waals surface area contributed by atoms with Gasteiger partial charge in [-0.3, -0.25) is 4.79 Å². The summed E-state index contributed by atoms with van der Waals surface area (Å²) >= 11 is 5.04. The SMILES string of the molecule is O=C(NC[C@H]1CCCO1)C1CCN(c2ccc(Sc3ccc(Br)cc3)nn2)CC1.